The SMILES string of the molecule is Cc1ccc(OCc2cn(C3CCN(CC4CC4)CC3)nn2)nn1. The summed E-state index contributed by atoms with van der Waals surface area (Å²) in [6, 6.07) is 4.16. The van der Waals surface area contributed by atoms with E-state index in [4.69, 9.17) is 4.74 Å². The molecule has 7 heteroatoms. The minimum atomic E-state index is 0.373. The topological polar surface area (TPSA) is 69.0 Å². The van der Waals surface area contributed by atoms with E-state index in [0.717, 1.165) is 30.1 Å². The molecule has 4 rings (SSSR count). The molecule has 7 nitrogen and oxygen atoms in total. The normalized spacial score (nSPS) is 19.5. The zero-order valence-corrected chi connectivity index (χ0v) is 14.1. The molecule has 1 saturated heterocycles. The quantitative estimate of drug-likeness (QED) is 0.808. The van der Waals surface area contributed by atoms with Crippen LogP contribution >= 0.6 is 0 Å². The van der Waals surface area contributed by atoms with Crippen LogP contribution in [0.4, 0.5) is 0 Å². The number of hydrogen-bond acceptors (Lipinski definition) is 6. The fourth-order valence-corrected chi connectivity index (χ4v) is 3.20. The summed E-state index contributed by atoms with van der Waals surface area (Å²) in [5.41, 5.74) is 1.71. The van der Waals surface area contributed by atoms with E-state index in [-0.39, 0.29) is 0 Å². The lowest BCUT2D eigenvalue weighted by molar-refractivity contribution is 0.173. The first-order chi connectivity index (χ1) is 11.8. The average Bonchev–Trinajstić information content (AvgIpc) is 3.29. The molecule has 2 aliphatic rings. The fourth-order valence-electron chi connectivity index (χ4n) is 3.20. The lowest BCUT2D eigenvalue weighted by Crippen LogP contribution is -2.36. The summed E-state index contributed by atoms with van der Waals surface area (Å²) in [4.78, 5) is 2.60. The molecule has 2 fully saturated rings. The van der Waals surface area contributed by atoms with Crippen molar-refractivity contribution in [1.82, 2.24) is 30.1 Å². The first-order valence-electron chi connectivity index (χ1n) is 8.82. The molecular formula is C17H24N6O. The van der Waals surface area contributed by atoms with Crippen LogP contribution in [0.15, 0.2) is 18.3 Å². The van der Waals surface area contributed by atoms with Gasteiger partial charge in [-0.15, -0.1) is 10.2 Å². The third-order valence-corrected chi connectivity index (χ3v) is 4.84. The second-order valence-corrected chi connectivity index (χ2v) is 6.97. The molecule has 0 atom stereocenters. The van der Waals surface area contributed by atoms with Crippen LogP contribution in [-0.2, 0) is 6.61 Å². The zero-order valence-electron chi connectivity index (χ0n) is 14.1. The third-order valence-electron chi connectivity index (χ3n) is 4.84. The second kappa shape index (κ2) is 6.84. The molecule has 0 amide bonds. The van der Waals surface area contributed by atoms with E-state index in [1.54, 1.807) is 0 Å². The highest BCUT2D eigenvalue weighted by atomic mass is 16.5. The van der Waals surface area contributed by atoms with Crippen molar-refractivity contribution in [3.05, 3.63) is 29.7 Å². The Morgan fingerprint density at radius 3 is 2.62 bits per heavy atom. The molecule has 24 heavy (non-hydrogen) atoms. The smallest absolute Gasteiger partial charge is 0.233 e. The molecule has 2 aromatic heterocycles. The summed E-state index contributed by atoms with van der Waals surface area (Å²) in [6.45, 7) is 5.91. The van der Waals surface area contributed by atoms with Crippen molar-refractivity contribution in [3.8, 4) is 5.88 Å². The monoisotopic (exact) mass is 328 g/mol. The number of piperidine rings is 1. The van der Waals surface area contributed by atoms with Crippen LogP contribution in [0.5, 0.6) is 5.88 Å². The highest BCUT2D eigenvalue weighted by molar-refractivity contribution is 5.10. The van der Waals surface area contributed by atoms with Crippen LogP contribution in [0.1, 0.15) is 43.1 Å². The average molecular weight is 328 g/mol. The standard InChI is InChI=1S/C17H24N6O/c1-13-2-5-17(20-18-13)24-12-15-11-23(21-19-15)16-6-8-22(9-7-16)10-14-3-4-14/h2,5,11,14,16H,3-4,6-10,12H2,1H3. The van der Waals surface area contributed by atoms with Gasteiger partial charge in [0.25, 0.3) is 0 Å². The van der Waals surface area contributed by atoms with Gasteiger partial charge in [-0.2, -0.15) is 5.10 Å². The first-order valence-corrected chi connectivity index (χ1v) is 8.82. The Labute approximate surface area is 142 Å². The Hall–Kier alpha value is -2.02. The minimum Gasteiger partial charge on any atom is -0.470 e. The highest BCUT2D eigenvalue weighted by Gasteiger charge is 2.27. The summed E-state index contributed by atoms with van der Waals surface area (Å²) >= 11 is 0. The Kier molecular flexibility index (Phi) is 4.42. The van der Waals surface area contributed by atoms with Crippen molar-refractivity contribution in [2.24, 2.45) is 5.92 Å². The van der Waals surface area contributed by atoms with E-state index >= 15 is 0 Å². The Morgan fingerprint density at radius 1 is 1.08 bits per heavy atom. The van der Waals surface area contributed by atoms with Crippen molar-refractivity contribution in [2.75, 3.05) is 19.6 Å². The van der Waals surface area contributed by atoms with Gasteiger partial charge in [0.15, 0.2) is 0 Å². The van der Waals surface area contributed by atoms with Crippen LogP contribution in [-0.4, -0.2) is 49.7 Å². The van der Waals surface area contributed by atoms with Crippen molar-refractivity contribution in [1.29, 1.82) is 0 Å². The summed E-state index contributed by atoms with van der Waals surface area (Å²) in [7, 11) is 0. The predicted molar refractivity (Wildman–Crippen MR) is 88.6 cm³/mol. The number of likely N-dealkylation sites (tertiary alicyclic amines) is 1. The van der Waals surface area contributed by atoms with Crippen LogP contribution < -0.4 is 4.74 Å². The summed E-state index contributed by atoms with van der Waals surface area (Å²) in [5.74, 6) is 1.49. The van der Waals surface area contributed by atoms with Gasteiger partial charge in [-0.05, 0) is 44.6 Å². The Morgan fingerprint density at radius 2 is 1.92 bits per heavy atom. The van der Waals surface area contributed by atoms with Crippen LogP contribution in [0, 0.1) is 12.8 Å². The van der Waals surface area contributed by atoms with E-state index in [1.165, 1.54) is 32.5 Å². The van der Waals surface area contributed by atoms with E-state index in [9.17, 15) is 0 Å². The van der Waals surface area contributed by atoms with Gasteiger partial charge in [0.05, 0.1) is 17.9 Å². The van der Waals surface area contributed by atoms with Crippen molar-refractivity contribution in [2.45, 2.75) is 45.3 Å². The number of rotatable bonds is 6. The lowest BCUT2D eigenvalue weighted by atomic mass is 10.1. The maximum Gasteiger partial charge on any atom is 0.233 e. The van der Waals surface area contributed by atoms with Gasteiger partial charge in [-0.3, -0.25) is 0 Å². The maximum absolute atomic E-state index is 5.62. The molecule has 2 aromatic rings. The van der Waals surface area contributed by atoms with Gasteiger partial charge in [-0.1, -0.05) is 5.21 Å². The molecule has 1 aliphatic carbocycles. The summed E-state index contributed by atoms with van der Waals surface area (Å²) in [6.07, 6.45) is 7.16. The van der Waals surface area contributed by atoms with Crippen LogP contribution in [0.25, 0.3) is 0 Å². The fraction of sp³-hybridized carbons (Fsp3) is 0.647. The van der Waals surface area contributed by atoms with E-state index in [2.05, 4.69) is 25.4 Å². The molecule has 0 N–H and O–H groups in total. The van der Waals surface area contributed by atoms with E-state index in [1.807, 2.05) is 29.9 Å². The van der Waals surface area contributed by atoms with Crippen molar-refractivity contribution >= 4 is 0 Å². The van der Waals surface area contributed by atoms with Gasteiger partial charge in [-0.25, -0.2) is 4.68 Å². The summed E-state index contributed by atoms with van der Waals surface area (Å²) < 4.78 is 7.63. The minimum absolute atomic E-state index is 0.373. The third kappa shape index (κ3) is 3.90. The highest BCUT2D eigenvalue weighted by Crippen LogP contribution is 2.31. The molecule has 3 heterocycles. The first kappa shape index (κ1) is 15.5. The molecule has 0 bridgehead atoms. The Balaban J connectivity index is 1.27. The molecular weight excluding hydrogens is 304 g/mol. The predicted octanol–water partition coefficient (Wildman–Crippen LogP) is 2.00. The van der Waals surface area contributed by atoms with Gasteiger partial charge in [0.2, 0.25) is 5.88 Å². The molecule has 0 aromatic carbocycles. The maximum atomic E-state index is 5.62. The number of hydrogen-bond donors (Lipinski definition) is 0. The van der Waals surface area contributed by atoms with Crippen LogP contribution in [0.2, 0.25) is 0 Å². The van der Waals surface area contributed by atoms with E-state index in [0.29, 0.717) is 18.5 Å². The second-order valence-electron chi connectivity index (χ2n) is 6.97. The number of aryl methyl sites for hydroxylation is 1. The molecule has 1 saturated carbocycles. The van der Waals surface area contributed by atoms with Gasteiger partial charge >= 0.3 is 0 Å². The molecule has 1 aliphatic heterocycles. The van der Waals surface area contributed by atoms with Gasteiger partial charge in [0, 0.05) is 25.7 Å². The van der Waals surface area contributed by atoms with Crippen molar-refractivity contribution < 1.29 is 4.74 Å². The van der Waals surface area contributed by atoms with E-state index < -0.39 is 0 Å². The number of nitrogens with zero attached hydrogens (tertiary/aromatic N) is 6. The largest absolute Gasteiger partial charge is 0.470 e. The van der Waals surface area contributed by atoms with Gasteiger partial charge in [0.1, 0.15) is 12.3 Å². The lowest BCUT2D eigenvalue weighted by Gasteiger charge is -2.31. The molecule has 0 radical (unpaired) electrons. The molecule has 0 spiro atoms. The number of ether oxygens (including phenoxy) is 1. The molecule has 0 unspecified atom stereocenters. The van der Waals surface area contributed by atoms with Crippen LogP contribution in [0.3, 0.4) is 0 Å². The Bertz CT molecular complexity index is 658. The molecule has 128 valence electrons. The zero-order chi connectivity index (χ0) is 16.4. The number of aromatic nitrogens is 5. The summed E-state index contributed by atoms with van der Waals surface area (Å²) in [5, 5.41) is 16.5. The van der Waals surface area contributed by atoms with Gasteiger partial charge < -0.3 is 9.64 Å². The van der Waals surface area contributed by atoms with Crippen molar-refractivity contribution in [3.63, 3.8) is 0 Å².